The summed E-state index contributed by atoms with van der Waals surface area (Å²) in [6.45, 7) is 1.94. The lowest BCUT2D eigenvalue weighted by Gasteiger charge is -2.26. The van der Waals surface area contributed by atoms with Gasteiger partial charge in [0.2, 0.25) is 10.0 Å². The molecule has 9 heteroatoms. The molecule has 0 saturated carbocycles. The zero-order chi connectivity index (χ0) is 24.2. The number of rotatable bonds is 8. The van der Waals surface area contributed by atoms with Crippen molar-refractivity contribution in [2.24, 2.45) is 0 Å². The molecule has 7 nitrogen and oxygen atoms in total. The molecule has 0 aromatic heterocycles. The van der Waals surface area contributed by atoms with Crippen LogP contribution in [0.3, 0.4) is 0 Å². The van der Waals surface area contributed by atoms with Crippen LogP contribution in [0.25, 0.3) is 0 Å². The SMILES string of the molecule is COc1cc(C(=O)Nc2ccc(C)cc2)c(N(Cc2ccc(Cl)cc2)S(C)(=O)=O)cc1OC. The number of methoxy groups -OCH3 is 2. The number of ether oxygens (including phenoxy) is 2. The number of hydrogen-bond donors (Lipinski definition) is 1. The highest BCUT2D eigenvalue weighted by molar-refractivity contribution is 7.92. The van der Waals surface area contributed by atoms with Crippen LogP contribution in [0.4, 0.5) is 11.4 Å². The van der Waals surface area contributed by atoms with Gasteiger partial charge in [0.1, 0.15) is 0 Å². The molecule has 0 spiro atoms. The summed E-state index contributed by atoms with van der Waals surface area (Å²) >= 11 is 5.97. The number of hydrogen-bond acceptors (Lipinski definition) is 5. The van der Waals surface area contributed by atoms with Crippen LogP contribution in [0, 0.1) is 6.92 Å². The molecule has 0 heterocycles. The second kappa shape index (κ2) is 10.1. The third kappa shape index (κ3) is 5.97. The summed E-state index contributed by atoms with van der Waals surface area (Å²) < 4.78 is 37.5. The Hall–Kier alpha value is -3.23. The molecule has 1 amide bonds. The van der Waals surface area contributed by atoms with E-state index in [1.807, 2.05) is 19.1 Å². The lowest BCUT2D eigenvalue weighted by molar-refractivity contribution is 0.102. The summed E-state index contributed by atoms with van der Waals surface area (Å²) in [6.07, 6.45) is 1.08. The molecule has 3 rings (SSSR count). The van der Waals surface area contributed by atoms with Crippen molar-refractivity contribution in [3.63, 3.8) is 0 Å². The summed E-state index contributed by atoms with van der Waals surface area (Å²) in [5.41, 5.74) is 2.60. The van der Waals surface area contributed by atoms with Crippen LogP contribution in [-0.2, 0) is 16.6 Å². The van der Waals surface area contributed by atoms with Gasteiger partial charge in [0, 0.05) is 16.8 Å². The second-order valence-corrected chi connectivity index (χ2v) is 9.78. The molecule has 0 unspecified atom stereocenters. The third-order valence-electron chi connectivity index (χ3n) is 4.96. The smallest absolute Gasteiger partial charge is 0.257 e. The molecule has 1 N–H and O–H groups in total. The number of halogens is 1. The molecule has 0 bridgehead atoms. The topological polar surface area (TPSA) is 84.9 Å². The first-order chi connectivity index (χ1) is 15.6. The van der Waals surface area contributed by atoms with Gasteiger partial charge in [0.05, 0.1) is 38.3 Å². The largest absolute Gasteiger partial charge is 0.493 e. The molecule has 0 aliphatic carbocycles. The van der Waals surface area contributed by atoms with Gasteiger partial charge in [-0.05, 0) is 42.8 Å². The van der Waals surface area contributed by atoms with E-state index in [-0.39, 0.29) is 17.8 Å². The van der Waals surface area contributed by atoms with Gasteiger partial charge in [-0.1, -0.05) is 41.4 Å². The Balaban J connectivity index is 2.12. The predicted octanol–water partition coefficient (Wildman–Crippen LogP) is 4.88. The van der Waals surface area contributed by atoms with Gasteiger partial charge in [-0.3, -0.25) is 9.10 Å². The van der Waals surface area contributed by atoms with E-state index in [9.17, 15) is 13.2 Å². The van der Waals surface area contributed by atoms with E-state index in [4.69, 9.17) is 21.1 Å². The van der Waals surface area contributed by atoms with E-state index in [1.165, 1.54) is 26.4 Å². The average molecular weight is 489 g/mol. The van der Waals surface area contributed by atoms with Gasteiger partial charge >= 0.3 is 0 Å². The van der Waals surface area contributed by atoms with Crippen molar-refractivity contribution in [1.29, 1.82) is 0 Å². The van der Waals surface area contributed by atoms with E-state index in [2.05, 4.69) is 5.32 Å². The lowest BCUT2D eigenvalue weighted by atomic mass is 10.1. The zero-order valence-electron chi connectivity index (χ0n) is 18.8. The summed E-state index contributed by atoms with van der Waals surface area (Å²) in [7, 11) is -0.894. The predicted molar refractivity (Wildman–Crippen MR) is 131 cm³/mol. The molecule has 0 atom stereocenters. The van der Waals surface area contributed by atoms with E-state index in [1.54, 1.807) is 36.4 Å². The van der Waals surface area contributed by atoms with Gasteiger partial charge in [0.15, 0.2) is 11.5 Å². The van der Waals surface area contributed by atoms with Crippen molar-refractivity contribution in [1.82, 2.24) is 0 Å². The maximum Gasteiger partial charge on any atom is 0.257 e. The molecule has 0 aliphatic heterocycles. The fraction of sp³-hybridized carbons (Fsp3) is 0.208. The van der Waals surface area contributed by atoms with E-state index in [0.29, 0.717) is 27.8 Å². The number of carbonyl (C=O) groups is 1. The van der Waals surface area contributed by atoms with Crippen LogP contribution in [-0.4, -0.2) is 34.8 Å². The Morgan fingerprint density at radius 1 is 0.970 bits per heavy atom. The van der Waals surface area contributed by atoms with Crippen LogP contribution in [0.5, 0.6) is 11.5 Å². The number of carbonyl (C=O) groups excluding carboxylic acids is 1. The quantitative estimate of drug-likeness (QED) is 0.488. The first-order valence-electron chi connectivity index (χ1n) is 9.98. The number of nitrogens with zero attached hydrogens (tertiary/aromatic N) is 1. The van der Waals surface area contributed by atoms with Crippen molar-refractivity contribution < 1.29 is 22.7 Å². The minimum atomic E-state index is -3.78. The zero-order valence-corrected chi connectivity index (χ0v) is 20.3. The van der Waals surface area contributed by atoms with Crippen molar-refractivity contribution in [2.75, 3.05) is 30.1 Å². The summed E-state index contributed by atoms with van der Waals surface area (Å²) in [5.74, 6) is 0.110. The minimum Gasteiger partial charge on any atom is -0.493 e. The number of aryl methyl sites for hydroxylation is 1. The summed E-state index contributed by atoms with van der Waals surface area (Å²) in [6, 6.07) is 17.1. The lowest BCUT2D eigenvalue weighted by Crippen LogP contribution is -2.31. The Labute approximate surface area is 198 Å². The van der Waals surface area contributed by atoms with Gasteiger partial charge in [-0.25, -0.2) is 8.42 Å². The number of nitrogens with one attached hydrogen (secondary N) is 1. The fourth-order valence-corrected chi connectivity index (χ4v) is 4.25. The average Bonchev–Trinajstić information content (AvgIpc) is 2.78. The monoisotopic (exact) mass is 488 g/mol. The summed E-state index contributed by atoms with van der Waals surface area (Å²) in [5, 5.41) is 3.35. The third-order valence-corrected chi connectivity index (χ3v) is 6.34. The fourth-order valence-electron chi connectivity index (χ4n) is 3.23. The van der Waals surface area contributed by atoms with Gasteiger partial charge in [0.25, 0.3) is 5.91 Å². The van der Waals surface area contributed by atoms with Crippen LogP contribution in [0.2, 0.25) is 5.02 Å². The maximum atomic E-state index is 13.3. The van der Waals surface area contributed by atoms with Crippen molar-refractivity contribution >= 4 is 38.9 Å². The van der Waals surface area contributed by atoms with Gasteiger partial charge < -0.3 is 14.8 Å². The standard InChI is InChI=1S/C24H25ClN2O5S/c1-16-5-11-19(12-6-16)26-24(28)20-13-22(31-2)23(32-3)14-21(20)27(33(4,29)30)15-17-7-9-18(25)10-8-17/h5-14H,15H2,1-4H3,(H,26,28). The molecule has 0 saturated heterocycles. The summed E-state index contributed by atoms with van der Waals surface area (Å²) in [4.78, 5) is 13.3. The van der Waals surface area contributed by atoms with Crippen molar-refractivity contribution in [3.05, 3.63) is 82.4 Å². The number of sulfonamides is 1. The number of anilines is 2. The van der Waals surface area contributed by atoms with E-state index in [0.717, 1.165) is 16.1 Å². The molecular formula is C24H25ClN2O5S. The maximum absolute atomic E-state index is 13.3. The highest BCUT2D eigenvalue weighted by Crippen LogP contribution is 2.37. The van der Waals surface area contributed by atoms with Crippen LogP contribution >= 0.6 is 11.6 Å². The first-order valence-corrected chi connectivity index (χ1v) is 12.2. The van der Waals surface area contributed by atoms with E-state index < -0.39 is 15.9 Å². The molecule has 0 radical (unpaired) electrons. The molecule has 33 heavy (non-hydrogen) atoms. The Morgan fingerprint density at radius 2 is 1.55 bits per heavy atom. The van der Waals surface area contributed by atoms with Crippen LogP contribution in [0.1, 0.15) is 21.5 Å². The van der Waals surface area contributed by atoms with Gasteiger partial charge in [-0.15, -0.1) is 0 Å². The highest BCUT2D eigenvalue weighted by atomic mass is 35.5. The normalized spacial score (nSPS) is 11.1. The molecule has 174 valence electrons. The van der Waals surface area contributed by atoms with Crippen molar-refractivity contribution in [3.8, 4) is 11.5 Å². The molecule has 0 aliphatic rings. The van der Waals surface area contributed by atoms with Crippen LogP contribution < -0.4 is 19.1 Å². The number of amides is 1. The molecule has 3 aromatic rings. The number of benzene rings is 3. The minimum absolute atomic E-state index is 0.00367. The first kappa shape index (κ1) is 24.4. The van der Waals surface area contributed by atoms with Crippen molar-refractivity contribution in [2.45, 2.75) is 13.5 Å². The Kier molecular flexibility index (Phi) is 7.50. The Bertz CT molecular complexity index is 1240. The highest BCUT2D eigenvalue weighted by Gasteiger charge is 2.26. The molecule has 0 fully saturated rings. The van der Waals surface area contributed by atoms with E-state index >= 15 is 0 Å². The molecule has 3 aromatic carbocycles. The Morgan fingerprint density at radius 3 is 2.09 bits per heavy atom. The van der Waals surface area contributed by atoms with Crippen LogP contribution in [0.15, 0.2) is 60.7 Å². The second-order valence-electron chi connectivity index (χ2n) is 7.44. The molecular weight excluding hydrogens is 464 g/mol. The van der Waals surface area contributed by atoms with Gasteiger partial charge in [-0.2, -0.15) is 0 Å².